The first-order valence-electron chi connectivity index (χ1n) is 3.63. The van der Waals surface area contributed by atoms with Crippen LogP contribution in [0.4, 0.5) is 0 Å². The van der Waals surface area contributed by atoms with E-state index in [0.29, 0.717) is 5.76 Å². The van der Waals surface area contributed by atoms with Gasteiger partial charge in [0.15, 0.2) is 5.78 Å². The van der Waals surface area contributed by atoms with E-state index in [1.54, 1.807) is 12.1 Å². The van der Waals surface area contributed by atoms with Crippen LogP contribution in [0.5, 0.6) is 0 Å². The van der Waals surface area contributed by atoms with Crippen LogP contribution in [0.25, 0.3) is 6.08 Å². The largest absolute Gasteiger partial charge is 0.465 e. The van der Waals surface area contributed by atoms with Gasteiger partial charge in [-0.15, -0.1) is 0 Å². The molecule has 0 aromatic carbocycles. The smallest absolute Gasteiger partial charge is 0.183 e. The van der Waals surface area contributed by atoms with Crippen LogP contribution in [-0.2, 0) is 4.79 Å². The van der Waals surface area contributed by atoms with Crippen LogP contribution in [-0.4, -0.2) is 17.0 Å². The Morgan fingerprint density at radius 1 is 1.75 bits per heavy atom. The number of carbonyl (C=O) groups is 1. The second-order valence-electron chi connectivity index (χ2n) is 2.43. The third-order valence-electron chi connectivity index (χ3n) is 1.37. The number of aliphatic hydroxyl groups is 1. The molecule has 1 rings (SSSR count). The second kappa shape index (κ2) is 3.88. The van der Waals surface area contributed by atoms with Crippen LogP contribution >= 0.6 is 0 Å². The molecule has 0 fully saturated rings. The van der Waals surface area contributed by atoms with Gasteiger partial charge in [-0.05, 0) is 31.2 Å². The van der Waals surface area contributed by atoms with E-state index < -0.39 is 6.10 Å². The lowest BCUT2D eigenvalue weighted by atomic mass is 10.2. The quantitative estimate of drug-likeness (QED) is 0.687. The Hall–Kier alpha value is -1.35. The Kier molecular flexibility index (Phi) is 2.82. The summed E-state index contributed by atoms with van der Waals surface area (Å²) >= 11 is 0. The van der Waals surface area contributed by atoms with Crippen molar-refractivity contribution in [3.63, 3.8) is 0 Å². The molecule has 64 valence electrons. The zero-order chi connectivity index (χ0) is 8.97. The first kappa shape index (κ1) is 8.74. The number of carbonyl (C=O) groups excluding carboxylic acids is 1. The van der Waals surface area contributed by atoms with E-state index in [-0.39, 0.29) is 5.78 Å². The van der Waals surface area contributed by atoms with Gasteiger partial charge in [0.1, 0.15) is 11.9 Å². The topological polar surface area (TPSA) is 50.4 Å². The van der Waals surface area contributed by atoms with Crippen molar-refractivity contribution < 1.29 is 14.3 Å². The Balaban J connectivity index is 2.57. The van der Waals surface area contributed by atoms with E-state index in [4.69, 9.17) is 9.52 Å². The van der Waals surface area contributed by atoms with E-state index in [1.807, 2.05) is 0 Å². The van der Waals surface area contributed by atoms with Crippen molar-refractivity contribution in [3.8, 4) is 0 Å². The van der Waals surface area contributed by atoms with E-state index in [0.717, 1.165) is 0 Å². The average Bonchev–Trinajstić information content (AvgIpc) is 2.51. The Morgan fingerprint density at radius 2 is 2.50 bits per heavy atom. The van der Waals surface area contributed by atoms with Gasteiger partial charge in [0.05, 0.1) is 6.26 Å². The SMILES string of the molecule is C[C@@H](O)C(=O)/C=C/c1ccco1. The molecule has 1 N–H and O–H groups in total. The van der Waals surface area contributed by atoms with Gasteiger partial charge in [0, 0.05) is 0 Å². The highest BCUT2D eigenvalue weighted by atomic mass is 16.3. The number of ketones is 1. The molecule has 0 spiro atoms. The molecule has 0 aliphatic rings. The molecule has 0 bridgehead atoms. The molecule has 0 radical (unpaired) electrons. The summed E-state index contributed by atoms with van der Waals surface area (Å²) in [4.78, 5) is 10.9. The van der Waals surface area contributed by atoms with Crippen molar-refractivity contribution in [2.45, 2.75) is 13.0 Å². The molecule has 3 nitrogen and oxygen atoms in total. The minimum atomic E-state index is -0.948. The maximum Gasteiger partial charge on any atom is 0.183 e. The average molecular weight is 166 g/mol. The third kappa shape index (κ3) is 2.36. The van der Waals surface area contributed by atoms with Crippen LogP contribution in [0.2, 0.25) is 0 Å². The summed E-state index contributed by atoms with van der Waals surface area (Å²) in [6, 6.07) is 3.46. The van der Waals surface area contributed by atoms with E-state index in [9.17, 15) is 4.79 Å². The predicted molar refractivity (Wildman–Crippen MR) is 44.4 cm³/mol. The van der Waals surface area contributed by atoms with Crippen molar-refractivity contribution in [3.05, 3.63) is 30.2 Å². The van der Waals surface area contributed by atoms with E-state index in [2.05, 4.69) is 0 Å². The van der Waals surface area contributed by atoms with Gasteiger partial charge in [0.25, 0.3) is 0 Å². The summed E-state index contributed by atoms with van der Waals surface area (Å²) in [7, 11) is 0. The number of aliphatic hydroxyl groups excluding tert-OH is 1. The summed E-state index contributed by atoms with van der Waals surface area (Å²) in [5.41, 5.74) is 0. The highest BCUT2D eigenvalue weighted by molar-refractivity contribution is 5.96. The molecule has 0 aliphatic carbocycles. The highest BCUT2D eigenvalue weighted by Gasteiger charge is 2.03. The third-order valence-corrected chi connectivity index (χ3v) is 1.37. The van der Waals surface area contributed by atoms with Crippen LogP contribution in [0.1, 0.15) is 12.7 Å². The fraction of sp³-hybridized carbons (Fsp3) is 0.222. The standard InChI is InChI=1S/C9H10O3/c1-7(10)9(11)5-4-8-3-2-6-12-8/h2-7,10H,1H3/b5-4+/t7-/m1/s1. The molecular formula is C9H10O3. The van der Waals surface area contributed by atoms with Crippen molar-refractivity contribution >= 4 is 11.9 Å². The predicted octanol–water partition coefficient (Wildman–Crippen LogP) is 1.24. The summed E-state index contributed by atoms with van der Waals surface area (Å²) < 4.78 is 4.94. The van der Waals surface area contributed by atoms with Gasteiger partial charge < -0.3 is 9.52 Å². The van der Waals surface area contributed by atoms with Crippen LogP contribution in [0.3, 0.4) is 0 Å². The fourth-order valence-corrected chi connectivity index (χ4v) is 0.690. The van der Waals surface area contributed by atoms with Crippen molar-refractivity contribution in [1.29, 1.82) is 0 Å². The molecule has 0 unspecified atom stereocenters. The molecule has 0 aliphatic heterocycles. The summed E-state index contributed by atoms with van der Waals surface area (Å²) in [6.45, 7) is 1.43. The van der Waals surface area contributed by atoms with Gasteiger partial charge in [-0.2, -0.15) is 0 Å². The maximum absolute atomic E-state index is 10.9. The van der Waals surface area contributed by atoms with Gasteiger partial charge in [-0.25, -0.2) is 0 Å². The zero-order valence-corrected chi connectivity index (χ0v) is 6.73. The van der Waals surface area contributed by atoms with Crippen molar-refractivity contribution in [2.75, 3.05) is 0 Å². The number of rotatable bonds is 3. The molecule has 1 heterocycles. The zero-order valence-electron chi connectivity index (χ0n) is 6.73. The minimum absolute atomic E-state index is 0.327. The number of furan rings is 1. The molecule has 0 amide bonds. The highest BCUT2D eigenvalue weighted by Crippen LogP contribution is 2.02. The minimum Gasteiger partial charge on any atom is -0.465 e. The first-order chi connectivity index (χ1) is 5.70. The van der Waals surface area contributed by atoms with Crippen LogP contribution in [0.15, 0.2) is 28.9 Å². The number of hydrogen-bond acceptors (Lipinski definition) is 3. The Bertz CT molecular complexity index is 270. The van der Waals surface area contributed by atoms with Crippen LogP contribution < -0.4 is 0 Å². The number of hydrogen-bond donors (Lipinski definition) is 1. The van der Waals surface area contributed by atoms with Gasteiger partial charge >= 0.3 is 0 Å². The molecule has 0 saturated carbocycles. The normalized spacial score (nSPS) is 13.5. The van der Waals surface area contributed by atoms with Gasteiger partial charge in [-0.3, -0.25) is 4.79 Å². The molecule has 3 heteroatoms. The lowest BCUT2D eigenvalue weighted by molar-refractivity contribution is -0.121. The summed E-state index contributed by atoms with van der Waals surface area (Å²) in [5, 5.41) is 8.82. The molecule has 0 saturated heterocycles. The Morgan fingerprint density at radius 3 is 3.00 bits per heavy atom. The lowest BCUT2D eigenvalue weighted by Crippen LogP contribution is -2.12. The van der Waals surface area contributed by atoms with Crippen molar-refractivity contribution in [1.82, 2.24) is 0 Å². The maximum atomic E-state index is 10.9. The second-order valence-corrected chi connectivity index (χ2v) is 2.43. The molecule has 1 atom stereocenters. The van der Waals surface area contributed by atoms with Gasteiger partial charge in [0.2, 0.25) is 0 Å². The summed E-state index contributed by atoms with van der Waals surface area (Å²) in [6.07, 6.45) is 3.39. The summed E-state index contributed by atoms with van der Waals surface area (Å²) in [5.74, 6) is 0.274. The molecule has 1 aromatic rings. The van der Waals surface area contributed by atoms with Gasteiger partial charge in [-0.1, -0.05) is 0 Å². The van der Waals surface area contributed by atoms with E-state index in [1.165, 1.54) is 25.3 Å². The van der Waals surface area contributed by atoms with Crippen molar-refractivity contribution in [2.24, 2.45) is 0 Å². The molecule has 1 aromatic heterocycles. The van der Waals surface area contributed by atoms with Crippen LogP contribution in [0, 0.1) is 0 Å². The first-order valence-corrected chi connectivity index (χ1v) is 3.63. The lowest BCUT2D eigenvalue weighted by Gasteiger charge is -1.94. The molecular weight excluding hydrogens is 156 g/mol. The van der Waals surface area contributed by atoms with E-state index >= 15 is 0 Å². The fourth-order valence-electron chi connectivity index (χ4n) is 0.690. The Labute approximate surface area is 70.3 Å². The monoisotopic (exact) mass is 166 g/mol. The molecule has 12 heavy (non-hydrogen) atoms.